The molecule has 0 radical (unpaired) electrons. The third-order valence-corrected chi connectivity index (χ3v) is 2.95. The fourth-order valence-electron chi connectivity index (χ4n) is 1.94. The molecule has 84 valence electrons. The highest BCUT2D eigenvalue weighted by atomic mass is 35.5. The summed E-state index contributed by atoms with van der Waals surface area (Å²) in [6.07, 6.45) is 2.62. The molecule has 0 unspecified atom stereocenters. The Kier molecular flexibility index (Phi) is 2.88. The monoisotopic (exact) mass is 237 g/mol. The number of carboxylic acids is 1. The number of carbonyl (C=O) groups is 1. The van der Waals surface area contributed by atoms with E-state index in [2.05, 4.69) is 0 Å². The molecule has 0 aliphatic rings. The molecule has 2 aromatic rings. The Hall–Kier alpha value is -1.48. The summed E-state index contributed by atoms with van der Waals surface area (Å²) in [5.74, 6) is -0.779. The van der Waals surface area contributed by atoms with Crippen molar-refractivity contribution in [2.75, 3.05) is 0 Å². The average Bonchev–Trinajstić information content (AvgIpc) is 2.54. The molecule has 0 fully saturated rings. The van der Waals surface area contributed by atoms with E-state index in [0.29, 0.717) is 11.4 Å². The highest BCUT2D eigenvalue weighted by Crippen LogP contribution is 2.27. The second kappa shape index (κ2) is 4.18. The summed E-state index contributed by atoms with van der Waals surface area (Å²) in [6, 6.07) is 5.69. The minimum Gasteiger partial charge on any atom is -0.481 e. The summed E-state index contributed by atoms with van der Waals surface area (Å²) in [5, 5.41) is 10.4. The molecule has 3 nitrogen and oxygen atoms in total. The first-order valence-electron chi connectivity index (χ1n) is 5.04. The molecule has 0 atom stereocenters. The lowest BCUT2D eigenvalue weighted by atomic mass is 10.1. The minimum atomic E-state index is -0.779. The van der Waals surface area contributed by atoms with Gasteiger partial charge in [-0.3, -0.25) is 4.79 Å². The molecule has 1 aromatic heterocycles. The fourth-order valence-corrected chi connectivity index (χ4v) is 2.25. The normalized spacial score (nSPS) is 10.9. The van der Waals surface area contributed by atoms with Gasteiger partial charge in [0.1, 0.15) is 0 Å². The van der Waals surface area contributed by atoms with Crippen molar-refractivity contribution < 1.29 is 9.90 Å². The van der Waals surface area contributed by atoms with E-state index >= 15 is 0 Å². The number of aryl methyl sites for hydroxylation is 2. The number of nitrogens with zero attached hydrogens (tertiary/aromatic N) is 1. The minimum absolute atomic E-state index is 0.144. The average molecular weight is 238 g/mol. The van der Waals surface area contributed by atoms with Crippen LogP contribution in [0.15, 0.2) is 24.4 Å². The Morgan fingerprint density at radius 3 is 2.94 bits per heavy atom. The zero-order valence-corrected chi connectivity index (χ0v) is 9.66. The van der Waals surface area contributed by atoms with Gasteiger partial charge in [0.05, 0.1) is 10.5 Å². The van der Waals surface area contributed by atoms with Crippen LogP contribution in [0.2, 0.25) is 5.02 Å². The van der Waals surface area contributed by atoms with Gasteiger partial charge in [0.25, 0.3) is 0 Å². The summed E-state index contributed by atoms with van der Waals surface area (Å²) < 4.78 is 1.94. The zero-order valence-electron chi connectivity index (χ0n) is 8.90. The lowest BCUT2D eigenvalue weighted by Gasteiger charge is -1.98. The summed E-state index contributed by atoms with van der Waals surface area (Å²) in [4.78, 5) is 10.5. The Labute approximate surface area is 98.3 Å². The van der Waals surface area contributed by atoms with Crippen molar-refractivity contribution in [3.05, 3.63) is 35.0 Å². The molecule has 0 saturated carbocycles. The standard InChI is InChI=1S/C12H12ClNO2/c1-14-7-8(5-6-11(15)16)9-3-2-4-10(13)12(9)14/h2-4,7H,5-6H2,1H3,(H,15,16). The van der Waals surface area contributed by atoms with Crippen LogP contribution in [0, 0.1) is 0 Å². The smallest absolute Gasteiger partial charge is 0.303 e. The topological polar surface area (TPSA) is 42.2 Å². The first-order chi connectivity index (χ1) is 7.59. The van der Waals surface area contributed by atoms with E-state index in [1.54, 1.807) is 0 Å². The zero-order chi connectivity index (χ0) is 11.7. The van der Waals surface area contributed by atoms with Crippen LogP contribution in [0.1, 0.15) is 12.0 Å². The van der Waals surface area contributed by atoms with Gasteiger partial charge in [-0.1, -0.05) is 23.7 Å². The van der Waals surface area contributed by atoms with Gasteiger partial charge in [-0.15, -0.1) is 0 Å². The molecule has 16 heavy (non-hydrogen) atoms. The molecule has 1 heterocycles. The summed E-state index contributed by atoms with van der Waals surface area (Å²) in [7, 11) is 1.92. The van der Waals surface area contributed by atoms with E-state index in [4.69, 9.17) is 16.7 Å². The maximum absolute atomic E-state index is 10.5. The third kappa shape index (κ3) is 1.91. The first kappa shape index (κ1) is 11.0. The summed E-state index contributed by atoms with van der Waals surface area (Å²) in [5.41, 5.74) is 1.99. The maximum atomic E-state index is 10.5. The largest absolute Gasteiger partial charge is 0.481 e. The molecule has 2 rings (SSSR count). The van der Waals surface area contributed by atoms with Gasteiger partial charge in [-0.25, -0.2) is 0 Å². The predicted molar refractivity (Wildman–Crippen MR) is 63.9 cm³/mol. The van der Waals surface area contributed by atoms with E-state index in [1.165, 1.54) is 0 Å². The van der Waals surface area contributed by atoms with Gasteiger partial charge in [0.2, 0.25) is 0 Å². The van der Waals surface area contributed by atoms with Crippen LogP contribution in [0.25, 0.3) is 10.9 Å². The second-order valence-electron chi connectivity index (χ2n) is 3.79. The number of carboxylic acid groups (broad SMARTS) is 1. The van der Waals surface area contributed by atoms with Crippen LogP contribution in [0.4, 0.5) is 0 Å². The molecule has 4 heteroatoms. The number of aromatic nitrogens is 1. The highest BCUT2D eigenvalue weighted by Gasteiger charge is 2.10. The van der Waals surface area contributed by atoms with E-state index in [-0.39, 0.29) is 6.42 Å². The van der Waals surface area contributed by atoms with Crippen LogP contribution in [0.3, 0.4) is 0 Å². The van der Waals surface area contributed by atoms with Gasteiger partial charge in [0, 0.05) is 25.1 Å². The third-order valence-electron chi connectivity index (χ3n) is 2.64. The van der Waals surface area contributed by atoms with E-state index < -0.39 is 5.97 Å². The Balaban J connectivity index is 2.47. The number of halogens is 1. The molecule has 1 N–H and O–H groups in total. The maximum Gasteiger partial charge on any atom is 0.303 e. The number of hydrogen-bond acceptors (Lipinski definition) is 1. The molecular weight excluding hydrogens is 226 g/mol. The summed E-state index contributed by atoms with van der Waals surface area (Å²) >= 11 is 6.10. The Bertz CT molecular complexity index is 545. The van der Waals surface area contributed by atoms with Crippen LogP contribution in [-0.4, -0.2) is 15.6 Å². The second-order valence-corrected chi connectivity index (χ2v) is 4.20. The van der Waals surface area contributed by atoms with Crippen molar-refractivity contribution in [3.8, 4) is 0 Å². The van der Waals surface area contributed by atoms with Gasteiger partial charge in [-0.2, -0.15) is 0 Å². The van der Waals surface area contributed by atoms with Crippen molar-refractivity contribution in [3.63, 3.8) is 0 Å². The highest BCUT2D eigenvalue weighted by molar-refractivity contribution is 6.35. The number of benzene rings is 1. The number of fused-ring (bicyclic) bond motifs is 1. The Morgan fingerprint density at radius 2 is 2.25 bits per heavy atom. The quantitative estimate of drug-likeness (QED) is 0.892. The fraction of sp³-hybridized carbons (Fsp3) is 0.250. The SMILES string of the molecule is Cn1cc(CCC(=O)O)c2cccc(Cl)c21. The van der Waals surface area contributed by atoms with Gasteiger partial charge in [-0.05, 0) is 18.1 Å². The lowest BCUT2D eigenvalue weighted by Crippen LogP contribution is -1.96. The summed E-state index contributed by atoms with van der Waals surface area (Å²) in [6.45, 7) is 0. The van der Waals surface area contributed by atoms with Crippen molar-refractivity contribution in [2.24, 2.45) is 7.05 Å². The van der Waals surface area contributed by atoms with Crippen LogP contribution < -0.4 is 0 Å². The molecule has 0 bridgehead atoms. The van der Waals surface area contributed by atoms with Crippen molar-refractivity contribution >= 4 is 28.5 Å². The number of para-hydroxylation sites is 1. The van der Waals surface area contributed by atoms with Crippen molar-refractivity contribution in [1.82, 2.24) is 4.57 Å². The molecule has 0 aliphatic carbocycles. The number of hydrogen-bond donors (Lipinski definition) is 1. The Morgan fingerprint density at radius 1 is 1.50 bits per heavy atom. The van der Waals surface area contributed by atoms with Crippen molar-refractivity contribution in [2.45, 2.75) is 12.8 Å². The number of rotatable bonds is 3. The predicted octanol–water partition coefficient (Wildman–Crippen LogP) is 2.85. The molecule has 1 aromatic carbocycles. The van der Waals surface area contributed by atoms with E-state index in [0.717, 1.165) is 16.5 Å². The molecular formula is C12H12ClNO2. The molecule has 0 amide bonds. The van der Waals surface area contributed by atoms with Crippen molar-refractivity contribution in [1.29, 1.82) is 0 Å². The van der Waals surface area contributed by atoms with Gasteiger partial charge in [0.15, 0.2) is 0 Å². The molecule has 0 aliphatic heterocycles. The molecule has 0 spiro atoms. The van der Waals surface area contributed by atoms with Gasteiger partial charge < -0.3 is 9.67 Å². The molecule has 0 saturated heterocycles. The van der Waals surface area contributed by atoms with Crippen LogP contribution in [0.5, 0.6) is 0 Å². The van der Waals surface area contributed by atoms with Crippen LogP contribution >= 0.6 is 11.6 Å². The van der Waals surface area contributed by atoms with Crippen LogP contribution in [-0.2, 0) is 18.3 Å². The van der Waals surface area contributed by atoms with E-state index in [1.807, 2.05) is 36.0 Å². The van der Waals surface area contributed by atoms with Gasteiger partial charge >= 0.3 is 5.97 Å². The first-order valence-corrected chi connectivity index (χ1v) is 5.41. The van der Waals surface area contributed by atoms with E-state index in [9.17, 15) is 4.79 Å². The lowest BCUT2D eigenvalue weighted by molar-refractivity contribution is -0.136. The number of aliphatic carboxylic acids is 1.